The Hall–Kier alpha value is -1.59. The number of nitrogens with two attached hydrogens (primary N) is 1. The molecule has 5 heteroatoms. The van der Waals surface area contributed by atoms with Crippen LogP contribution in [0.15, 0.2) is 28.8 Å². The molecule has 2 aromatic rings. The third kappa shape index (κ3) is 2.30. The molecule has 2 fully saturated rings. The number of para-hydroxylation sites is 1. The number of anilines is 1. The van der Waals surface area contributed by atoms with Gasteiger partial charge in [-0.15, -0.1) is 0 Å². The van der Waals surface area contributed by atoms with Crippen LogP contribution in [0.2, 0.25) is 0 Å². The Kier molecular flexibility index (Phi) is 3.31. The van der Waals surface area contributed by atoms with Gasteiger partial charge in [0.2, 0.25) is 0 Å². The minimum atomic E-state index is 0.636. The van der Waals surface area contributed by atoms with Gasteiger partial charge in [0.25, 0.3) is 0 Å². The van der Waals surface area contributed by atoms with Crippen molar-refractivity contribution >= 4 is 16.8 Å². The number of rotatable bonds is 2. The van der Waals surface area contributed by atoms with Gasteiger partial charge >= 0.3 is 0 Å². The van der Waals surface area contributed by atoms with Crippen LogP contribution in [0.25, 0.3) is 11.0 Å². The van der Waals surface area contributed by atoms with E-state index >= 15 is 0 Å². The molecule has 2 N–H and O–H groups in total. The summed E-state index contributed by atoms with van der Waals surface area (Å²) in [6.45, 7) is 5.15. The maximum absolute atomic E-state index is 5.83. The molecule has 0 bridgehead atoms. The van der Waals surface area contributed by atoms with Gasteiger partial charge in [0, 0.05) is 32.2 Å². The summed E-state index contributed by atoms with van der Waals surface area (Å²) < 4.78 is 5.45. The molecule has 1 aromatic heterocycles. The molecule has 0 unspecified atom stereocenters. The second-order valence-electron chi connectivity index (χ2n) is 6.28. The summed E-state index contributed by atoms with van der Waals surface area (Å²) >= 11 is 0. The number of fused-ring (bicyclic) bond motifs is 2. The molecule has 4 rings (SSSR count). The van der Waals surface area contributed by atoms with Crippen LogP contribution in [-0.4, -0.2) is 48.8 Å². The summed E-state index contributed by atoms with van der Waals surface area (Å²) in [5.74, 6) is 1.69. The molecule has 0 saturated carbocycles. The summed E-state index contributed by atoms with van der Waals surface area (Å²) in [5, 5.41) is 5.43. The Morgan fingerprint density at radius 2 is 2.10 bits per heavy atom. The SMILES string of the molecule is NC[C@@H]1CC[C@@H]2CN(c3noc4ccccc34)CCN2C1. The minimum absolute atomic E-state index is 0.636. The highest BCUT2D eigenvalue weighted by molar-refractivity contribution is 5.88. The molecule has 0 radical (unpaired) electrons. The fourth-order valence-corrected chi connectivity index (χ4v) is 3.74. The molecular weight excluding hydrogens is 264 g/mol. The third-order valence-corrected chi connectivity index (χ3v) is 5.00. The number of hydrogen-bond acceptors (Lipinski definition) is 5. The lowest BCUT2D eigenvalue weighted by atomic mass is 9.91. The standard InChI is InChI=1S/C16H22N4O/c17-9-12-5-6-13-11-20(8-7-19(13)10-12)16-14-3-1-2-4-15(14)21-18-16/h1-4,12-13H,5-11,17H2/t12-,13+/m0/s1. The minimum Gasteiger partial charge on any atom is -0.354 e. The van der Waals surface area contributed by atoms with Gasteiger partial charge in [0.1, 0.15) is 0 Å². The Morgan fingerprint density at radius 1 is 1.19 bits per heavy atom. The number of piperazine rings is 1. The Labute approximate surface area is 124 Å². The zero-order valence-corrected chi connectivity index (χ0v) is 12.2. The molecule has 112 valence electrons. The van der Waals surface area contributed by atoms with Crippen LogP contribution < -0.4 is 10.6 Å². The smallest absolute Gasteiger partial charge is 0.180 e. The third-order valence-electron chi connectivity index (χ3n) is 5.00. The van der Waals surface area contributed by atoms with Crippen LogP contribution in [0.3, 0.4) is 0 Å². The maximum Gasteiger partial charge on any atom is 0.180 e. The van der Waals surface area contributed by atoms with E-state index in [0.717, 1.165) is 49.5 Å². The summed E-state index contributed by atoms with van der Waals surface area (Å²) in [6, 6.07) is 8.75. The van der Waals surface area contributed by atoms with E-state index in [1.165, 1.54) is 12.8 Å². The molecule has 2 aliphatic heterocycles. The van der Waals surface area contributed by atoms with Crippen molar-refractivity contribution in [2.24, 2.45) is 11.7 Å². The van der Waals surface area contributed by atoms with Crippen molar-refractivity contribution in [1.29, 1.82) is 0 Å². The predicted octanol–water partition coefficient (Wildman–Crippen LogP) is 1.69. The molecule has 2 atom stereocenters. The van der Waals surface area contributed by atoms with Crippen LogP contribution in [0.1, 0.15) is 12.8 Å². The van der Waals surface area contributed by atoms with E-state index in [1.54, 1.807) is 0 Å². The van der Waals surface area contributed by atoms with Crippen LogP contribution in [0, 0.1) is 5.92 Å². The molecule has 0 spiro atoms. The fraction of sp³-hybridized carbons (Fsp3) is 0.562. The molecule has 5 nitrogen and oxygen atoms in total. The molecule has 1 aromatic carbocycles. The van der Waals surface area contributed by atoms with Crippen LogP contribution in [0.5, 0.6) is 0 Å². The Morgan fingerprint density at radius 3 is 3.00 bits per heavy atom. The van der Waals surface area contributed by atoms with Crippen molar-refractivity contribution in [2.45, 2.75) is 18.9 Å². The van der Waals surface area contributed by atoms with Gasteiger partial charge in [-0.1, -0.05) is 17.3 Å². The van der Waals surface area contributed by atoms with Gasteiger partial charge in [-0.05, 0) is 37.4 Å². The predicted molar refractivity (Wildman–Crippen MR) is 83.4 cm³/mol. The second-order valence-corrected chi connectivity index (χ2v) is 6.28. The molecule has 3 heterocycles. The number of benzene rings is 1. The van der Waals surface area contributed by atoms with Gasteiger partial charge in [-0.3, -0.25) is 4.90 Å². The normalized spacial score (nSPS) is 27.0. The van der Waals surface area contributed by atoms with Crippen molar-refractivity contribution < 1.29 is 4.52 Å². The van der Waals surface area contributed by atoms with Crippen molar-refractivity contribution in [3.63, 3.8) is 0 Å². The fourth-order valence-electron chi connectivity index (χ4n) is 3.74. The average molecular weight is 286 g/mol. The van der Waals surface area contributed by atoms with Gasteiger partial charge in [-0.2, -0.15) is 0 Å². The highest BCUT2D eigenvalue weighted by atomic mass is 16.5. The lowest BCUT2D eigenvalue weighted by Crippen LogP contribution is -2.57. The highest BCUT2D eigenvalue weighted by Gasteiger charge is 2.33. The maximum atomic E-state index is 5.83. The molecule has 0 amide bonds. The van der Waals surface area contributed by atoms with Crippen LogP contribution >= 0.6 is 0 Å². The zero-order chi connectivity index (χ0) is 14.2. The van der Waals surface area contributed by atoms with Gasteiger partial charge < -0.3 is 15.2 Å². The average Bonchev–Trinajstić information content (AvgIpc) is 2.98. The Bertz CT molecular complexity index is 626. The van der Waals surface area contributed by atoms with E-state index in [1.807, 2.05) is 18.2 Å². The topological polar surface area (TPSA) is 58.5 Å². The highest BCUT2D eigenvalue weighted by Crippen LogP contribution is 2.30. The summed E-state index contributed by atoms with van der Waals surface area (Å²) in [4.78, 5) is 5.00. The lowest BCUT2D eigenvalue weighted by molar-refractivity contribution is 0.0981. The van der Waals surface area contributed by atoms with Crippen molar-refractivity contribution in [2.75, 3.05) is 37.6 Å². The largest absolute Gasteiger partial charge is 0.354 e. The number of nitrogens with zero attached hydrogens (tertiary/aromatic N) is 3. The number of hydrogen-bond donors (Lipinski definition) is 1. The molecule has 21 heavy (non-hydrogen) atoms. The summed E-state index contributed by atoms with van der Waals surface area (Å²) in [6.07, 6.45) is 2.50. The summed E-state index contributed by atoms with van der Waals surface area (Å²) in [5.41, 5.74) is 6.71. The quantitative estimate of drug-likeness (QED) is 0.910. The van der Waals surface area contributed by atoms with Crippen molar-refractivity contribution in [3.05, 3.63) is 24.3 Å². The first-order valence-corrected chi connectivity index (χ1v) is 7.88. The monoisotopic (exact) mass is 286 g/mol. The van der Waals surface area contributed by atoms with Crippen LogP contribution in [0.4, 0.5) is 5.82 Å². The first-order chi connectivity index (χ1) is 10.3. The van der Waals surface area contributed by atoms with E-state index in [4.69, 9.17) is 10.3 Å². The lowest BCUT2D eigenvalue weighted by Gasteiger charge is -2.46. The first-order valence-electron chi connectivity index (χ1n) is 7.88. The Balaban J connectivity index is 1.54. The van der Waals surface area contributed by atoms with Crippen molar-refractivity contribution in [3.8, 4) is 0 Å². The molecule has 2 aliphatic rings. The second kappa shape index (κ2) is 5.31. The summed E-state index contributed by atoms with van der Waals surface area (Å²) in [7, 11) is 0. The van der Waals surface area contributed by atoms with E-state index in [0.29, 0.717) is 12.0 Å². The molecular formula is C16H22N4O. The van der Waals surface area contributed by atoms with Crippen LogP contribution in [-0.2, 0) is 0 Å². The molecule has 2 saturated heterocycles. The number of piperidine rings is 1. The number of aromatic nitrogens is 1. The van der Waals surface area contributed by atoms with E-state index in [9.17, 15) is 0 Å². The van der Waals surface area contributed by atoms with Gasteiger partial charge in [0.15, 0.2) is 11.4 Å². The van der Waals surface area contributed by atoms with E-state index in [-0.39, 0.29) is 0 Å². The van der Waals surface area contributed by atoms with Gasteiger partial charge in [-0.25, -0.2) is 0 Å². The molecule has 0 aliphatic carbocycles. The van der Waals surface area contributed by atoms with Gasteiger partial charge in [0.05, 0.1) is 5.39 Å². The van der Waals surface area contributed by atoms with Crippen molar-refractivity contribution in [1.82, 2.24) is 10.1 Å². The van der Waals surface area contributed by atoms with E-state index < -0.39 is 0 Å². The van der Waals surface area contributed by atoms with E-state index in [2.05, 4.69) is 21.0 Å². The first kappa shape index (κ1) is 13.1. The zero-order valence-electron chi connectivity index (χ0n) is 12.2.